The molecule has 0 spiro atoms. The number of anilines is 1. The Morgan fingerprint density at radius 1 is 1.22 bits per heavy atom. The molecule has 0 bridgehead atoms. The highest BCUT2D eigenvalue weighted by atomic mass is 15.3. The molecule has 5 heteroatoms. The van der Waals surface area contributed by atoms with E-state index in [9.17, 15) is 0 Å². The van der Waals surface area contributed by atoms with Gasteiger partial charge in [-0.1, -0.05) is 18.2 Å². The molecule has 18 heavy (non-hydrogen) atoms. The minimum absolute atomic E-state index is 0.225. The molecular weight excluding hydrogens is 226 g/mol. The Labute approximate surface area is 103 Å². The molecule has 0 saturated heterocycles. The maximum absolute atomic E-state index is 8.90. The number of para-hydroxylation sites is 1. The summed E-state index contributed by atoms with van der Waals surface area (Å²) in [6.07, 6.45) is 1.68. The van der Waals surface area contributed by atoms with Gasteiger partial charge in [-0.05, 0) is 18.2 Å². The molecule has 5 nitrogen and oxygen atoms in total. The van der Waals surface area contributed by atoms with Gasteiger partial charge in [0.1, 0.15) is 11.9 Å². The first kappa shape index (κ1) is 10.3. The van der Waals surface area contributed by atoms with Gasteiger partial charge in [-0.25, -0.2) is 9.67 Å². The molecule has 3 aromatic rings. The SMILES string of the molecule is N#Cc1cc2cnn(-c3ccccc3)c2nc1N. The number of rotatable bonds is 1. The maximum Gasteiger partial charge on any atom is 0.165 e. The number of nitrogen functional groups attached to an aromatic ring is 1. The number of pyridine rings is 1. The molecule has 2 aromatic heterocycles. The summed E-state index contributed by atoms with van der Waals surface area (Å²) in [6, 6.07) is 13.4. The Balaban J connectivity index is 2.28. The van der Waals surface area contributed by atoms with Crippen molar-refractivity contribution in [3.63, 3.8) is 0 Å². The van der Waals surface area contributed by atoms with Crippen molar-refractivity contribution in [3.8, 4) is 11.8 Å². The third kappa shape index (κ3) is 1.48. The summed E-state index contributed by atoms with van der Waals surface area (Å²) < 4.78 is 1.70. The van der Waals surface area contributed by atoms with Crippen LogP contribution in [0.3, 0.4) is 0 Å². The maximum atomic E-state index is 8.90. The van der Waals surface area contributed by atoms with Crippen molar-refractivity contribution in [2.75, 3.05) is 5.73 Å². The van der Waals surface area contributed by atoms with E-state index in [0.717, 1.165) is 11.1 Å². The summed E-state index contributed by atoms with van der Waals surface area (Å²) in [5.74, 6) is 0.225. The summed E-state index contributed by atoms with van der Waals surface area (Å²) in [5.41, 5.74) is 7.66. The van der Waals surface area contributed by atoms with Gasteiger partial charge in [0.25, 0.3) is 0 Å². The van der Waals surface area contributed by atoms with Crippen molar-refractivity contribution in [3.05, 3.63) is 48.2 Å². The lowest BCUT2D eigenvalue weighted by Gasteiger charge is -2.03. The van der Waals surface area contributed by atoms with Gasteiger partial charge in [0.15, 0.2) is 5.65 Å². The molecule has 3 rings (SSSR count). The van der Waals surface area contributed by atoms with Crippen LogP contribution >= 0.6 is 0 Å². The van der Waals surface area contributed by atoms with Crippen LogP contribution in [-0.2, 0) is 0 Å². The molecule has 0 fully saturated rings. The van der Waals surface area contributed by atoms with Crippen LogP contribution in [0.5, 0.6) is 0 Å². The topological polar surface area (TPSA) is 80.5 Å². The third-order valence-electron chi connectivity index (χ3n) is 2.69. The average Bonchev–Trinajstić information content (AvgIpc) is 2.81. The van der Waals surface area contributed by atoms with Gasteiger partial charge in [-0.2, -0.15) is 10.4 Å². The fourth-order valence-corrected chi connectivity index (χ4v) is 1.82. The molecule has 0 saturated carbocycles. The molecule has 1 aromatic carbocycles. The van der Waals surface area contributed by atoms with Crippen LogP contribution in [0.25, 0.3) is 16.7 Å². The second kappa shape index (κ2) is 3.86. The molecule has 2 heterocycles. The molecule has 0 unspecified atom stereocenters. The van der Waals surface area contributed by atoms with Crippen LogP contribution in [0, 0.1) is 11.3 Å². The standard InChI is InChI=1S/C13H9N5/c14-7-9-6-10-8-16-18(13(10)17-12(9)15)11-4-2-1-3-5-11/h1-6,8H,(H2,15,17). The van der Waals surface area contributed by atoms with E-state index in [1.807, 2.05) is 36.4 Å². The zero-order valence-electron chi connectivity index (χ0n) is 9.41. The van der Waals surface area contributed by atoms with E-state index in [1.54, 1.807) is 16.9 Å². The summed E-state index contributed by atoms with van der Waals surface area (Å²) in [4.78, 5) is 4.24. The zero-order chi connectivity index (χ0) is 12.5. The fraction of sp³-hybridized carbons (Fsp3) is 0. The number of benzene rings is 1. The van der Waals surface area contributed by atoms with E-state index >= 15 is 0 Å². The first-order valence-corrected chi connectivity index (χ1v) is 5.39. The summed E-state index contributed by atoms with van der Waals surface area (Å²) in [7, 11) is 0. The Morgan fingerprint density at radius 3 is 2.72 bits per heavy atom. The van der Waals surface area contributed by atoms with Gasteiger partial charge in [0.2, 0.25) is 0 Å². The molecule has 0 aliphatic rings. The van der Waals surface area contributed by atoms with E-state index in [1.165, 1.54) is 0 Å². The number of aromatic nitrogens is 3. The number of nitrogens with zero attached hydrogens (tertiary/aromatic N) is 4. The number of hydrogen-bond acceptors (Lipinski definition) is 4. The van der Waals surface area contributed by atoms with Gasteiger partial charge in [0.05, 0.1) is 17.4 Å². The number of nitriles is 1. The number of fused-ring (bicyclic) bond motifs is 1. The number of hydrogen-bond donors (Lipinski definition) is 1. The largest absolute Gasteiger partial charge is 0.383 e. The Kier molecular flexibility index (Phi) is 2.21. The van der Waals surface area contributed by atoms with Crippen LogP contribution in [-0.4, -0.2) is 14.8 Å². The van der Waals surface area contributed by atoms with Crippen LogP contribution in [0.2, 0.25) is 0 Å². The van der Waals surface area contributed by atoms with E-state index < -0.39 is 0 Å². The second-order valence-electron chi connectivity index (χ2n) is 3.84. The molecule has 86 valence electrons. The van der Waals surface area contributed by atoms with Gasteiger partial charge in [-0.3, -0.25) is 0 Å². The van der Waals surface area contributed by atoms with Crippen molar-refractivity contribution < 1.29 is 0 Å². The molecule has 2 N–H and O–H groups in total. The minimum Gasteiger partial charge on any atom is -0.383 e. The van der Waals surface area contributed by atoms with Crippen molar-refractivity contribution >= 4 is 16.9 Å². The van der Waals surface area contributed by atoms with Crippen molar-refractivity contribution in [2.24, 2.45) is 0 Å². The Bertz CT molecular complexity index is 752. The van der Waals surface area contributed by atoms with Crippen molar-refractivity contribution in [1.82, 2.24) is 14.8 Å². The molecule has 0 aliphatic heterocycles. The van der Waals surface area contributed by atoms with E-state index in [0.29, 0.717) is 11.2 Å². The number of nitrogens with two attached hydrogens (primary N) is 1. The molecule has 0 radical (unpaired) electrons. The van der Waals surface area contributed by atoms with Crippen molar-refractivity contribution in [2.45, 2.75) is 0 Å². The third-order valence-corrected chi connectivity index (χ3v) is 2.69. The van der Waals surface area contributed by atoms with Gasteiger partial charge < -0.3 is 5.73 Å². The van der Waals surface area contributed by atoms with Gasteiger partial charge >= 0.3 is 0 Å². The predicted octanol–water partition coefficient (Wildman–Crippen LogP) is 1.87. The highest BCUT2D eigenvalue weighted by Crippen LogP contribution is 2.20. The van der Waals surface area contributed by atoms with Crippen LogP contribution in [0.4, 0.5) is 5.82 Å². The summed E-state index contributed by atoms with van der Waals surface area (Å²) >= 11 is 0. The quantitative estimate of drug-likeness (QED) is 0.698. The van der Waals surface area contributed by atoms with Crippen LogP contribution < -0.4 is 5.73 Å². The van der Waals surface area contributed by atoms with Crippen LogP contribution in [0.15, 0.2) is 42.6 Å². The highest BCUT2D eigenvalue weighted by Gasteiger charge is 2.09. The normalized spacial score (nSPS) is 10.4. The lowest BCUT2D eigenvalue weighted by atomic mass is 10.2. The molecular formula is C13H9N5. The first-order chi connectivity index (χ1) is 8.79. The van der Waals surface area contributed by atoms with E-state index in [-0.39, 0.29) is 5.82 Å². The minimum atomic E-state index is 0.225. The van der Waals surface area contributed by atoms with E-state index in [4.69, 9.17) is 11.0 Å². The first-order valence-electron chi connectivity index (χ1n) is 5.39. The van der Waals surface area contributed by atoms with E-state index in [2.05, 4.69) is 10.1 Å². The smallest absolute Gasteiger partial charge is 0.165 e. The van der Waals surface area contributed by atoms with Crippen molar-refractivity contribution in [1.29, 1.82) is 5.26 Å². The Hall–Kier alpha value is -2.87. The zero-order valence-corrected chi connectivity index (χ0v) is 9.41. The molecule has 0 amide bonds. The average molecular weight is 235 g/mol. The monoisotopic (exact) mass is 235 g/mol. The molecule has 0 atom stereocenters. The van der Waals surface area contributed by atoms with Crippen LogP contribution in [0.1, 0.15) is 5.56 Å². The highest BCUT2D eigenvalue weighted by molar-refractivity contribution is 5.80. The molecule has 0 aliphatic carbocycles. The lowest BCUT2D eigenvalue weighted by Crippen LogP contribution is -2.00. The Morgan fingerprint density at radius 2 is 2.00 bits per heavy atom. The summed E-state index contributed by atoms with van der Waals surface area (Å²) in [6.45, 7) is 0. The van der Waals surface area contributed by atoms with Gasteiger partial charge in [0, 0.05) is 5.39 Å². The predicted molar refractivity (Wildman–Crippen MR) is 68.0 cm³/mol. The van der Waals surface area contributed by atoms with Gasteiger partial charge in [-0.15, -0.1) is 0 Å². The lowest BCUT2D eigenvalue weighted by molar-refractivity contribution is 0.898. The summed E-state index contributed by atoms with van der Waals surface area (Å²) in [5, 5.41) is 14.0. The second-order valence-corrected chi connectivity index (χ2v) is 3.84. The fourth-order valence-electron chi connectivity index (χ4n) is 1.82.